The third-order valence-electron chi connectivity index (χ3n) is 1.55. The summed E-state index contributed by atoms with van der Waals surface area (Å²) < 4.78 is 5.14. The van der Waals surface area contributed by atoms with Crippen LogP contribution in [0.25, 0.3) is 0 Å². The number of hydrogen-bond donors (Lipinski definition) is 1. The van der Waals surface area contributed by atoms with E-state index in [1.54, 1.807) is 18.3 Å². The van der Waals surface area contributed by atoms with Gasteiger partial charge < -0.3 is 9.94 Å². The molecule has 1 aromatic rings. The summed E-state index contributed by atoms with van der Waals surface area (Å²) in [6.07, 6.45) is 0. The summed E-state index contributed by atoms with van der Waals surface area (Å²) in [5.74, 6) is 0.269. The maximum Gasteiger partial charge on any atom is 0.222 e. The van der Waals surface area contributed by atoms with Crippen molar-refractivity contribution in [1.82, 2.24) is 4.98 Å². The molecule has 0 spiro atoms. The van der Waals surface area contributed by atoms with Gasteiger partial charge in [-0.1, -0.05) is 5.16 Å². The summed E-state index contributed by atoms with van der Waals surface area (Å²) in [4.78, 5) is 5.32. The molecule has 72 valence electrons. The normalized spacial score (nSPS) is 11.8. The van der Waals surface area contributed by atoms with Gasteiger partial charge in [0.2, 0.25) is 5.90 Å². The fourth-order valence-electron chi connectivity index (χ4n) is 0.906. The van der Waals surface area contributed by atoms with Gasteiger partial charge in [0, 0.05) is 6.92 Å². The number of rotatable bonds is 2. The van der Waals surface area contributed by atoms with Gasteiger partial charge in [-0.3, -0.25) is 0 Å². The summed E-state index contributed by atoms with van der Waals surface area (Å²) in [6, 6.07) is 0. The Bertz CT molecular complexity index is 320. The summed E-state index contributed by atoms with van der Waals surface area (Å²) in [5.41, 5.74) is 0.980. The SMILES string of the molecule is CC(=NO)OCc1sc(C)nc1C. The predicted octanol–water partition coefficient (Wildman–Crippen LogP) is 2.08. The van der Waals surface area contributed by atoms with Crippen molar-refractivity contribution in [3.8, 4) is 0 Å². The lowest BCUT2D eigenvalue weighted by Crippen LogP contribution is -1.99. The Labute approximate surface area is 80.9 Å². The second-order valence-corrected chi connectivity index (χ2v) is 3.94. The standard InChI is InChI=1S/C8H12N2O2S/c1-5-8(13-7(3)9-5)4-12-6(2)10-11/h11H,4H2,1-3H3. The van der Waals surface area contributed by atoms with Crippen LogP contribution in [0, 0.1) is 13.8 Å². The van der Waals surface area contributed by atoms with E-state index in [0.29, 0.717) is 6.61 Å². The quantitative estimate of drug-likeness (QED) is 0.344. The van der Waals surface area contributed by atoms with Gasteiger partial charge in [0.15, 0.2) is 0 Å². The minimum atomic E-state index is 0.269. The van der Waals surface area contributed by atoms with Crippen LogP contribution in [0.15, 0.2) is 5.16 Å². The van der Waals surface area contributed by atoms with E-state index in [-0.39, 0.29) is 5.90 Å². The molecule has 0 aromatic carbocycles. The number of nitrogens with zero attached hydrogens (tertiary/aromatic N) is 2. The zero-order valence-electron chi connectivity index (χ0n) is 7.87. The molecule has 0 saturated carbocycles. The van der Waals surface area contributed by atoms with Crippen LogP contribution in [0.2, 0.25) is 0 Å². The number of ether oxygens (including phenoxy) is 1. The van der Waals surface area contributed by atoms with Crippen molar-refractivity contribution in [3.05, 3.63) is 15.6 Å². The highest BCUT2D eigenvalue weighted by molar-refractivity contribution is 7.11. The van der Waals surface area contributed by atoms with Gasteiger partial charge in [-0.25, -0.2) is 4.98 Å². The third-order valence-corrected chi connectivity index (χ3v) is 2.60. The molecule has 0 saturated heterocycles. The summed E-state index contributed by atoms with van der Waals surface area (Å²) in [7, 11) is 0. The molecule has 1 aromatic heterocycles. The van der Waals surface area contributed by atoms with Gasteiger partial charge in [0.25, 0.3) is 0 Å². The Hall–Kier alpha value is -1.10. The molecular weight excluding hydrogens is 188 g/mol. The fourth-order valence-corrected chi connectivity index (χ4v) is 1.76. The van der Waals surface area contributed by atoms with E-state index in [1.807, 2.05) is 13.8 Å². The zero-order valence-corrected chi connectivity index (χ0v) is 8.68. The van der Waals surface area contributed by atoms with Gasteiger partial charge in [-0.15, -0.1) is 11.3 Å². The van der Waals surface area contributed by atoms with Crippen LogP contribution in [-0.2, 0) is 11.3 Å². The van der Waals surface area contributed by atoms with E-state index in [4.69, 9.17) is 9.94 Å². The number of aromatic nitrogens is 1. The van der Waals surface area contributed by atoms with E-state index in [9.17, 15) is 0 Å². The molecule has 1 heterocycles. The van der Waals surface area contributed by atoms with Crippen molar-refractivity contribution < 1.29 is 9.94 Å². The summed E-state index contributed by atoms with van der Waals surface area (Å²) in [6.45, 7) is 5.91. The molecule has 0 aliphatic heterocycles. The first kappa shape index (κ1) is 9.98. The third kappa shape index (κ3) is 2.69. The molecule has 13 heavy (non-hydrogen) atoms. The lowest BCUT2D eigenvalue weighted by atomic mass is 10.4. The number of hydrogen-bond acceptors (Lipinski definition) is 5. The van der Waals surface area contributed by atoms with Gasteiger partial charge in [0.1, 0.15) is 6.61 Å². The van der Waals surface area contributed by atoms with Gasteiger partial charge in [0.05, 0.1) is 15.6 Å². The first-order valence-electron chi connectivity index (χ1n) is 3.88. The number of oxime groups is 1. The second-order valence-electron chi connectivity index (χ2n) is 2.65. The van der Waals surface area contributed by atoms with Gasteiger partial charge in [-0.2, -0.15) is 0 Å². The largest absolute Gasteiger partial charge is 0.473 e. The molecule has 1 N–H and O–H groups in total. The Kier molecular flexibility index (Phi) is 3.25. The maximum atomic E-state index is 8.34. The highest BCUT2D eigenvalue weighted by Gasteiger charge is 2.05. The van der Waals surface area contributed by atoms with Crippen LogP contribution >= 0.6 is 11.3 Å². The number of thiazole rings is 1. The molecule has 0 fully saturated rings. The predicted molar refractivity (Wildman–Crippen MR) is 51.3 cm³/mol. The van der Waals surface area contributed by atoms with Crippen LogP contribution < -0.4 is 0 Å². The molecule has 4 nitrogen and oxygen atoms in total. The zero-order chi connectivity index (χ0) is 9.84. The molecule has 0 aliphatic carbocycles. The smallest absolute Gasteiger partial charge is 0.222 e. The van der Waals surface area contributed by atoms with Gasteiger partial charge >= 0.3 is 0 Å². The molecule has 0 aliphatic rings. The van der Waals surface area contributed by atoms with Crippen molar-refractivity contribution in [2.24, 2.45) is 5.16 Å². The van der Waals surface area contributed by atoms with E-state index in [1.165, 1.54) is 0 Å². The lowest BCUT2D eigenvalue weighted by molar-refractivity contribution is 0.246. The van der Waals surface area contributed by atoms with Gasteiger partial charge in [-0.05, 0) is 13.8 Å². The van der Waals surface area contributed by atoms with Crippen LogP contribution in [0.4, 0.5) is 0 Å². The average molecular weight is 200 g/mol. The monoisotopic (exact) mass is 200 g/mol. The Morgan fingerprint density at radius 3 is 2.77 bits per heavy atom. The van der Waals surface area contributed by atoms with Crippen LogP contribution in [0.3, 0.4) is 0 Å². The molecular formula is C8H12N2O2S. The Morgan fingerprint density at radius 1 is 1.62 bits per heavy atom. The molecule has 0 radical (unpaired) electrons. The van der Waals surface area contributed by atoms with Crippen molar-refractivity contribution >= 4 is 17.2 Å². The highest BCUT2D eigenvalue weighted by atomic mass is 32.1. The molecule has 0 bridgehead atoms. The second kappa shape index (κ2) is 4.23. The minimum Gasteiger partial charge on any atom is -0.473 e. The topological polar surface area (TPSA) is 54.7 Å². The van der Waals surface area contributed by atoms with Crippen LogP contribution in [-0.4, -0.2) is 16.1 Å². The van der Waals surface area contributed by atoms with E-state index in [0.717, 1.165) is 15.6 Å². The summed E-state index contributed by atoms with van der Waals surface area (Å²) >= 11 is 1.59. The highest BCUT2D eigenvalue weighted by Crippen LogP contribution is 2.17. The molecule has 5 heteroatoms. The Morgan fingerprint density at radius 2 is 2.31 bits per heavy atom. The summed E-state index contributed by atoms with van der Waals surface area (Å²) in [5, 5.41) is 12.3. The average Bonchev–Trinajstić information content (AvgIpc) is 2.41. The molecule has 0 unspecified atom stereocenters. The molecule has 1 rings (SSSR count). The van der Waals surface area contributed by atoms with Crippen molar-refractivity contribution in [2.45, 2.75) is 27.4 Å². The fraction of sp³-hybridized carbons (Fsp3) is 0.500. The van der Waals surface area contributed by atoms with Crippen LogP contribution in [0.1, 0.15) is 22.5 Å². The molecule has 0 atom stereocenters. The number of aryl methyl sites for hydroxylation is 2. The molecule has 0 amide bonds. The lowest BCUT2D eigenvalue weighted by Gasteiger charge is -2.01. The minimum absolute atomic E-state index is 0.269. The van der Waals surface area contributed by atoms with E-state index >= 15 is 0 Å². The van der Waals surface area contributed by atoms with E-state index in [2.05, 4.69) is 10.1 Å². The maximum absolute atomic E-state index is 8.34. The van der Waals surface area contributed by atoms with Crippen LogP contribution in [0.5, 0.6) is 0 Å². The van der Waals surface area contributed by atoms with Crippen molar-refractivity contribution in [1.29, 1.82) is 0 Å². The van der Waals surface area contributed by atoms with Crippen molar-refractivity contribution in [3.63, 3.8) is 0 Å². The van der Waals surface area contributed by atoms with Crippen molar-refractivity contribution in [2.75, 3.05) is 0 Å². The van der Waals surface area contributed by atoms with E-state index < -0.39 is 0 Å². The first-order valence-corrected chi connectivity index (χ1v) is 4.69. The first-order chi connectivity index (χ1) is 6.13. The Balaban J connectivity index is 2.59.